The van der Waals surface area contributed by atoms with Crippen molar-refractivity contribution in [2.45, 2.75) is 37.7 Å². The summed E-state index contributed by atoms with van der Waals surface area (Å²) in [5, 5.41) is 12.0. The van der Waals surface area contributed by atoms with Crippen molar-refractivity contribution in [3.05, 3.63) is 107 Å². The first-order chi connectivity index (χ1) is 16.1. The summed E-state index contributed by atoms with van der Waals surface area (Å²) in [4.78, 5) is 14.7. The largest absolute Gasteiger partial charge is 0.380 e. The summed E-state index contributed by atoms with van der Waals surface area (Å²) >= 11 is 0. The number of hydrogen-bond acceptors (Lipinski definition) is 3. The number of nitrogens with zero attached hydrogens (tertiary/aromatic N) is 1. The molecule has 0 unspecified atom stereocenters. The summed E-state index contributed by atoms with van der Waals surface area (Å²) in [5.41, 5.74) is 1.50. The van der Waals surface area contributed by atoms with E-state index in [-0.39, 0.29) is 29.9 Å². The van der Waals surface area contributed by atoms with E-state index < -0.39 is 5.60 Å². The van der Waals surface area contributed by atoms with E-state index in [1.54, 1.807) is 12.1 Å². The molecule has 1 aliphatic heterocycles. The number of likely N-dealkylation sites (tertiary alicyclic amines) is 1. The maximum absolute atomic E-state index is 13.0. The van der Waals surface area contributed by atoms with E-state index in [0.717, 1.165) is 56.4 Å². The number of halogens is 2. The highest BCUT2D eigenvalue weighted by Crippen LogP contribution is 2.41. The van der Waals surface area contributed by atoms with Crippen LogP contribution in [-0.2, 0) is 5.60 Å². The molecule has 0 spiro atoms. The molecule has 0 atom stereocenters. The molecule has 0 aliphatic carbocycles. The molecule has 1 saturated heterocycles. The van der Waals surface area contributed by atoms with Crippen molar-refractivity contribution in [2.24, 2.45) is 5.92 Å². The summed E-state index contributed by atoms with van der Waals surface area (Å²) in [5.74, 6) is -0.0931. The highest BCUT2D eigenvalue weighted by molar-refractivity contribution is 5.95. The second-order valence-corrected chi connectivity index (χ2v) is 9.00. The minimum absolute atomic E-state index is 0. The number of rotatable bonds is 9. The third-order valence-corrected chi connectivity index (χ3v) is 6.90. The van der Waals surface area contributed by atoms with Gasteiger partial charge in [0.2, 0.25) is 0 Å². The van der Waals surface area contributed by atoms with Gasteiger partial charge in [0.1, 0.15) is 11.4 Å². The van der Waals surface area contributed by atoms with Crippen LogP contribution < -0.4 is 0 Å². The fourth-order valence-electron chi connectivity index (χ4n) is 5.00. The molecule has 1 heterocycles. The van der Waals surface area contributed by atoms with E-state index in [0.29, 0.717) is 12.0 Å². The lowest BCUT2D eigenvalue weighted by Crippen LogP contribution is -2.44. The van der Waals surface area contributed by atoms with Crippen molar-refractivity contribution in [1.82, 2.24) is 4.90 Å². The van der Waals surface area contributed by atoms with Gasteiger partial charge in [0.15, 0.2) is 5.78 Å². The van der Waals surface area contributed by atoms with Gasteiger partial charge in [-0.05, 0) is 86.6 Å². The molecule has 3 nitrogen and oxygen atoms in total. The van der Waals surface area contributed by atoms with Crippen molar-refractivity contribution in [2.75, 3.05) is 19.6 Å². The topological polar surface area (TPSA) is 40.5 Å². The van der Waals surface area contributed by atoms with Gasteiger partial charge >= 0.3 is 0 Å². The van der Waals surface area contributed by atoms with Crippen LogP contribution in [0.2, 0.25) is 0 Å². The van der Waals surface area contributed by atoms with Crippen LogP contribution in [0.25, 0.3) is 0 Å². The van der Waals surface area contributed by atoms with Gasteiger partial charge in [0.05, 0.1) is 0 Å². The van der Waals surface area contributed by atoms with E-state index in [1.807, 2.05) is 60.7 Å². The van der Waals surface area contributed by atoms with Crippen LogP contribution in [0.1, 0.15) is 53.6 Å². The maximum atomic E-state index is 13.0. The Hall–Kier alpha value is -2.53. The molecule has 1 N–H and O–H groups in total. The number of ketones is 1. The highest BCUT2D eigenvalue weighted by Gasteiger charge is 2.41. The fraction of sp³-hybridized carbons (Fsp3) is 0.345. The Balaban J connectivity index is 0.00000324. The van der Waals surface area contributed by atoms with E-state index in [2.05, 4.69) is 4.90 Å². The molecule has 3 aromatic rings. The Labute approximate surface area is 208 Å². The standard InChI is InChI=1S/C29H32FNO2.ClH/c30-27-16-14-23(15-17-27)28(32)13-7-8-20-31-21-18-26(19-22-31)29(33,24-9-3-1-4-10-24)25-11-5-2-6-12-25;/h1-6,9-12,14-17,26,33H,7-8,13,18-22H2;1H. The van der Waals surface area contributed by atoms with Gasteiger partial charge in [-0.15, -0.1) is 12.4 Å². The first-order valence-electron chi connectivity index (χ1n) is 11.9. The van der Waals surface area contributed by atoms with Gasteiger partial charge in [-0.2, -0.15) is 0 Å². The molecule has 180 valence electrons. The molecule has 0 amide bonds. The molecule has 4 rings (SSSR count). The van der Waals surface area contributed by atoms with Crippen LogP contribution in [0.4, 0.5) is 4.39 Å². The molecule has 3 aromatic carbocycles. The number of piperidine rings is 1. The van der Waals surface area contributed by atoms with Crippen molar-refractivity contribution in [3.8, 4) is 0 Å². The summed E-state index contributed by atoms with van der Waals surface area (Å²) in [6.07, 6.45) is 4.13. The quantitative estimate of drug-likeness (QED) is 0.290. The predicted octanol–water partition coefficient (Wildman–Crippen LogP) is 6.25. The number of benzene rings is 3. The average molecular weight is 482 g/mol. The van der Waals surface area contributed by atoms with Gasteiger partial charge < -0.3 is 10.0 Å². The van der Waals surface area contributed by atoms with Gasteiger partial charge in [0.25, 0.3) is 0 Å². The molecular formula is C29H33ClFNO2. The van der Waals surface area contributed by atoms with E-state index in [9.17, 15) is 14.3 Å². The monoisotopic (exact) mass is 481 g/mol. The molecular weight excluding hydrogens is 449 g/mol. The van der Waals surface area contributed by atoms with Crippen LogP contribution in [-0.4, -0.2) is 35.4 Å². The number of hydrogen-bond donors (Lipinski definition) is 1. The third kappa shape index (κ3) is 6.12. The summed E-state index contributed by atoms with van der Waals surface area (Å²) in [6, 6.07) is 25.8. The number of carbonyl (C=O) groups excluding carboxylic acids is 1. The van der Waals surface area contributed by atoms with Crippen LogP contribution in [0.5, 0.6) is 0 Å². The highest BCUT2D eigenvalue weighted by atomic mass is 35.5. The number of Topliss-reactive ketones (excluding diaryl/α,β-unsaturated/α-hetero) is 1. The molecule has 0 bridgehead atoms. The van der Waals surface area contributed by atoms with Crippen LogP contribution >= 0.6 is 12.4 Å². The number of aliphatic hydroxyl groups is 1. The average Bonchev–Trinajstić information content (AvgIpc) is 2.88. The van der Waals surface area contributed by atoms with Crippen LogP contribution in [0.15, 0.2) is 84.9 Å². The lowest BCUT2D eigenvalue weighted by Gasteiger charge is -2.42. The lowest BCUT2D eigenvalue weighted by atomic mass is 9.72. The first-order valence-corrected chi connectivity index (χ1v) is 11.9. The zero-order valence-electron chi connectivity index (χ0n) is 19.4. The summed E-state index contributed by atoms with van der Waals surface area (Å²) in [7, 11) is 0. The van der Waals surface area contributed by atoms with E-state index in [4.69, 9.17) is 0 Å². The molecule has 34 heavy (non-hydrogen) atoms. The first kappa shape index (κ1) is 26.1. The normalized spacial score (nSPS) is 15.0. The SMILES string of the molecule is Cl.O=C(CCCCN1CCC(C(O)(c2ccccc2)c2ccccc2)CC1)c1ccc(F)cc1. The molecule has 1 aliphatic rings. The van der Waals surface area contributed by atoms with Crippen molar-refractivity contribution >= 4 is 18.2 Å². The van der Waals surface area contributed by atoms with Gasteiger partial charge in [-0.3, -0.25) is 4.79 Å². The number of carbonyl (C=O) groups is 1. The lowest BCUT2D eigenvalue weighted by molar-refractivity contribution is -0.0143. The fourth-order valence-corrected chi connectivity index (χ4v) is 5.00. The van der Waals surface area contributed by atoms with Crippen molar-refractivity contribution in [1.29, 1.82) is 0 Å². The summed E-state index contributed by atoms with van der Waals surface area (Å²) < 4.78 is 13.0. The Morgan fingerprint density at radius 2 is 1.38 bits per heavy atom. The molecule has 5 heteroatoms. The zero-order valence-corrected chi connectivity index (χ0v) is 20.2. The second-order valence-electron chi connectivity index (χ2n) is 9.00. The Kier molecular flexibility index (Phi) is 9.40. The Morgan fingerprint density at radius 3 is 1.91 bits per heavy atom. The van der Waals surface area contributed by atoms with Crippen LogP contribution in [0, 0.1) is 11.7 Å². The van der Waals surface area contributed by atoms with Gasteiger partial charge in [-0.25, -0.2) is 4.39 Å². The minimum Gasteiger partial charge on any atom is -0.380 e. The third-order valence-electron chi connectivity index (χ3n) is 6.90. The Bertz CT molecular complexity index is 980. The smallest absolute Gasteiger partial charge is 0.162 e. The van der Waals surface area contributed by atoms with E-state index >= 15 is 0 Å². The maximum Gasteiger partial charge on any atom is 0.162 e. The Morgan fingerprint density at radius 1 is 0.853 bits per heavy atom. The molecule has 0 aromatic heterocycles. The number of unbranched alkanes of at least 4 members (excludes halogenated alkanes) is 1. The molecule has 0 radical (unpaired) electrons. The van der Waals surface area contributed by atoms with Gasteiger partial charge in [0, 0.05) is 12.0 Å². The van der Waals surface area contributed by atoms with Crippen molar-refractivity contribution in [3.63, 3.8) is 0 Å². The van der Waals surface area contributed by atoms with Crippen LogP contribution in [0.3, 0.4) is 0 Å². The van der Waals surface area contributed by atoms with Crippen molar-refractivity contribution < 1.29 is 14.3 Å². The minimum atomic E-state index is -0.990. The molecule has 1 fully saturated rings. The molecule has 0 saturated carbocycles. The van der Waals surface area contributed by atoms with Gasteiger partial charge in [-0.1, -0.05) is 60.7 Å². The zero-order chi connectivity index (χ0) is 23.1. The predicted molar refractivity (Wildman–Crippen MR) is 137 cm³/mol. The summed E-state index contributed by atoms with van der Waals surface area (Å²) in [6.45, 7) is 2.84. The van der Waals surface area contributed by atoms with E-state index in [1.165, 1.54) is 12.1 Å². The second kappa shape index (κ2) is 12.3.